The topological polar surface area (TPSA) is 32.3 Å². The molecule has 0 radical (unpaired) electrons. The van der Waals surface area contributed by atoms with E-state index in [1.165, 1.54) is 116 Å². The molecule has 208 valence electrons. The van der Waals surface area contributed by atoms with Gasteiger partial charge in [-0.3, -0.25) is 0 Å². The standard InChI is InChI=1S/C34H61NO/c1-5-6-7-8-9-10-11-12-13-14-23-35-25-26(2)30-17-18-31-29-16-15-27-24-28(36)19-21-33(27,3)32(29)20-22-34(30,31)4/h16,26-28,30-32,35-36H,5-15,17-25H2,1-4H3/t26-,27+,28+,30-,31+,32+,33+,34-/m1/s1. The first-order valence-electron chi connectivity index (χ1n) is 16.5. The molecule has 0 aliphatic heterocycles. The quantitative estimate of drug-likeness (QED) is 0.184. The van der Waals surface area contributed by atoms with E-state index in [0.717, 1.165) is 36.5 Å². The minimum Gasteiger partial charge on any atom is -0.393 e. The summed E-state index contributed by atoms with van der Waals surface area (Å²) >= 11 is 0. The molecule has 4 rings (SSSR count). The summed E-state index contributed by atoms with van der Waals surface area (Å²) in [5.41, 5.74) is 2.83. The number of fused-ring (bicyclic) bond motifs is 5. The van der Waals surface area contributed by atoms with Crippen LogP contribution in [0.4, 0.5) is 0 Å². The number of nitrogens with one attached hydrogen (secondary N) is 1. The van der Waals surface area contributed by atoms with E-state index in [4.69, 9.17) is 0 Å². The summed E-state index contributed by atoms with van der Waals surface area (Å²) in [7, 11) is 0. The fourth-order valence-electron chi connectivity index (χ4n) is 9.67. The maximum atomic E-state index is 10.3. The lowest BCUT2D eigenvalue weighted by Crippen LogP contribution is -2.50. The molecule has 2 heteroatoms. The highest BCUT2D eigenvalue weighted by molar-refractivity contribution is 5.27. The molecule has 0 spiro atoms. The van der Waals surface area contributed by atoms with E-state index in [1.54, 1.807) is 0 Å². The zero-order chi connectivity index (χ0) is 25.6. The van der Waals surface area contributed by atoms with Gasteiger partial charge in [0.1, 0.15) is 0 Å². The van der Waals surface area contributed by atoms with Crippen molar-refractivity contribution in [1.29, 1.82) is 0 Å². The van der Waals surface area contributed by atoms with Gasteiger partial charge in [0.05, 0.1) is 6.10 Å². The fourth-order valence-corrected chi connectivity index (χ4v) is 9.67. The van der Waals surface area contributed by atoms with E-state index < -0.39 is 0 Å². The molecule has 36 heavy (non-hydrogen) atoms. The van der Waals surface area contributed by atoms with Gasteiger partial charge in [0, 0.05) is 0 Å². The number of rotatable bonds is 14. The second-order valence-corrected chi connectivity index (χ2v) is 14.3. The van der Waals surface area contributed by atoms with Crippen molar-refractivity contribution in [3.63, 3.8) is 0 Å². The predicted octanol–water partition coefficient (Wildman–Crippen LogP) is 9.07. The number of allylic oxidation sites excluding steroid dienone is 2. The summed E-state index contributed by atoms with van der Waals surface area (Å²) in [4.78, 5) is 0. The minimum atomic E-state index is -0.0450. The van der Waals surface area contributed by atoms with Crippen LogP contribution in [0.5, 0.6) is 0 Å². The Hall–Kier alpha value is -0.340. The molecule has 4 aliphatic rings. The van der Waals surface area contributed by atoms with Crippen LogP contribution in [0, 0.1) is 40.4 Å². The molecule has 0 aromatic rings. The highest BCUT2D eigenvalue weighted by Gasteiger charge is 2.58. The molecule has 3 saturated carbocycles. The van der Waals surface area contributed by atoms with Crippen molar-refractivity contribution in [3.8, 4) is 0 Å². The van der Waals surface area contributed by atoms with Crippen molar-refractivity contribution in [3.05, 3.63) is 11.6 Å². The molecule has 8 atom stereocenters. The number of aliphatic hydroxyl groups is 1. The third-order valence-electron chi connectivity index (χ3n) is 12.0. The maximum absolute atomic E-state index is 10.3. The molecule has 0 heterocycles. The summed E-state index contributed by atoms with van der Waals surface area (Å²) < 4.78 is 0. The zero-order valence-corrected chi connectivity index (χ0v) is 24.6. The number of hydrogen-bond donors (Lipinski definition) is 2. The van der Waals surface area contributed by atoms with Crippen molar-refractivity contribution in [2.45, 2.75) is 149 Å². The van der Waals surface area contributed by atoms with Crippen molar-refractivity contribution in [2.24, 2.45) is 40.4 Å². The van der Waals surface area contributed by atoms with Crippen LogP contribution in [0.1, 0.15) is 143 Å². The van der Waals surface area contributed by atoms with Gasteiger partial charge in [-0.15, -0.1) is 0 Å². The Kier molecular flexibility index (Phi) is 10.5. The van der Waals surface area contributed by atoms with Crippen LogP contribution in [0.25, 0.3) is 0 Å². The summed E-state index contributed by atoms with van der Waals surface area (Å²) in [6.07, 6.45) is 27.1. The lowest BCUT2D eigenvalue weighted by Gasteiger charge is -2.57. The van der Waals surface area contributed by atoms with Crippen LogP contribution >= 0.6 is 0 Å². The number of hydrogen-bond acceptors (Lipinski definition) is 2. The van der Waals surface area contributed by atoms with Gasteiger partial charge in [-0.05, 0) is 111 Å². The first kappa shape index (κ1) is 28.7. The minimum absolute atomic E-state index is 0.0450. The highest BCUT2D eigenvalue weighted by atomic mass is 16.3. The molecular weight excluding hydrogens is 438 g/mol. The first-order valence-corrected chi connectivity index (χ1v) is 16.5. The van der Waals surface area contributed by atoms with Crippen LogP contribution in [0.15, 0.2) is 11.6 Å². The van der Waals surface area contributed by atoms with Crippen LogP contribution < -0.4 is 5.32 Å². The molecule has 2 N–H and O–H groups in total. The van der Waals surface area contributed by atoms with E-state index >= 15 is 0 Å². The Morgan fingerprint density at radius 2 is 1.50 bits per heavy atom. The Balaban J connectivity index is 1.18. The monoisotopic (exact) mass is 499 g/mol. The Bertz CT molecular complexity index is 701. The molecule has 0 aromatic carbocycles. The second-order valence-electron chi connectivity index (χ2n) is 14.3. The summed E-state index contributed by atoms with van der Waals surface area (Å²) in [6.45, 7) is 12.5. The SMILES string of the molecule is CCCCCCCCCCCCNC[C@@H](C)[C@H]1CC[C@H]2C3=CC[C@H]4C[C@@H](O)CC[C@]4(C)[C@H]3CC[C@]12C. The van der Waals surface area contributed by atoms with E-state index in [2.05, 4.69) is 39.1 Å². The summed E-state index contributed by atoms with van der Waals surface area (Å²) in [5.74, 6) is 4.01. The van der Waals surface area contributed by atoms with Crippen molar-refractivity contribution in [1.82, 2.24) is 5.32 Å². The largest absolute Gasteiger partial charge is 0.393 e. The molecular formula is C34H61NO. The van der Waals surface area contributed by atoms with Gasteiger partial charge in [0.25, 0.3) is 0 Å². The van der Waals surface area contributed by atoms with E-state index in [1.807, 2.05) is 5.57 Å². The van der Waals surface area contributed by atoms with Gasteiger partial charge in [-0.1, -0.05) is 97.1 Å². The van der Waals surface area contributed by atoms with Crippen molar-refractivity contribution < 1.29 is 5.11 Å². The van der Waals surface area contributed by atoms with Crippen LogP contribution in [-0.4, -0.2) is 24.3 Å². The molecule has 0 unspecified atom stereocenters. The third-order valence-corrected chi connectivity index (χ3v) is 12.0. The van der Waals surface area contributed by atoms with Crippen molar-refractivity contribution >= 4 is 0 Å². The first-order chi connectivity index (χ1) is 17.4. The number of unbranched alkanes of at least 4 members (excludes halogenated alkanes) is 9. The molecule has 0 bridgehead atoms. The highest BCUT2D eigenvalue weighted by Crippen LogP contribution is 2.66. The van der Waals surface area contributed by atoms with Gasteiger partial charge >= 0.3 is 0 Å². The molecule has 0 aromatic heterocycles. The third kappa shape index (κ3) is 6.27. The predicted molar refractivity (Wildman–Crippen MR) is 155 cm³/mol. The van der Waals surface area contributed by atoms with Gasteiger partial charge in [0.15, 0.2) is 0 Å². The van der Waals surface area contributed by atoms with Crippen molar-refractivity contribution in [2.75, 3.05) is 13.1 Å². The van der Waals surface area contributed by atoms with Crippen LogP contribution in [0.2, 0.25) is 0 Å². The molecule has 4 aliphatic carbocycles. The van der Waals surface area contributed by atoms with Gasteiger partial charge in [0.2, 0.25) is 0 Å². The van der Waals surface area contributed by atoms with Crippen LogP contribution in [-0.2, 0) is 0 Å². The lowest BCUT2D eigenvalue weighted by atomic mass is 9.47. The van der Waals surface area contributed by atoms with E-state index in [-0.39, 0.29) is 6.10 Å². The molecule has 3 fully saturated rings. The fraction of sp³-hybridized carbons (Fsp3) is 0.941. The van der Waals surface area contributed by atoms with E-state index in [0.29, 0.717) is 16.7 Å². The normalized spacial score (nSPS) is 38.7. The molecule has 2 nitrogen and oxygen atoms in total. The Morgan fingerprint density at radius 3 is 2.22 bits per heavy atom. The number of aliphatic hydroxyl groups excluding tert-OH is 1. The maximum Gasteiger partial charge on any atom is 0.0543 e. The Labute approximate surface area is 224 Å². The smallest absolute Gasteiger partial charge is 0.0543 e. The van der Waals surface area contributed by atoms with Gasteiger partial charge in [-0.25, -0.2) is 0 Å². The molecule has 0 amide bonds. The second kappa shape index (κ2) is 13.1. The van der Waals surface area contributed by atoms with E-state index in [9.17, 15) is 5.11 Å². The average molecular weight is 500 g/mol. The zero-order valence-electron chi connectivity index (χ0n) is 24.6. The Morgan fingerprint density at radius 1 is 0.861 bits per heavy atom. The van der Waals surface area contributed by atoms with Gasteiger partial charge < -0.3 is 10.4 Å². The summed E-state index contributed by atoms with van der Waals surface area (Å²) in [5, 5.41) is 14.2. The van der Waals surface area contributed by atoms with Gasteiger partial charge in [-0.2, -0.15) is 0 Å². The average Bonchev–Trinajstić information content (AvgIpc) is 3.22. The summed E-state index contributed by atoms with van der Waals surface area (Å²) in [6, 6.07) is 0. The molecule has 0 saturated heterocycles. The lowest BCUT2D eigenvalue weighted by molar-refractivity contribution is -0.0424. The van der Waals surface area contributed by atoms with Crippen LogP contribution in [0.3, 0.4) is 0 Å².